The van der Waals surface area contributed by atoms with Crippen molar-refractivity contribution in [3.63, 3.8) is 0 Å². The van der Waals surface area contributed by atoms with E-state index in [4.69, 9.17) is 28.3 Å². The third-order valence-electron chi connectivity index (χ3n) is 3.75. The maximum absolute atomic E-state index is 12.1. The molecule has 0 radical (unpaired) electrons. The van der Waals surface area contributed by atoms with Crippen molar-refractivity contribution in [2.45, 2.75) is 38.1 Å². The Morgan fingerprint density at radius 3 is 2.73 bits per heavy atom. The summed E-state index contributed by atoms with van der Waals surface area (Å²) in [4.78, 5) is 14.4. The number of unbranched alkanes of at least 4 members (excludes halogenated alkanes) is 1. The van der Waals surface area contributed by atoms with E-state index in [1.54, 1.807) is 18.2 Å². The van der Waals surface area contributed by atoms with Crippen LogP contribution in [-0.4, -0.2) is 41.7 Å². The molecule has 1 aliphatic rings. The second kappa shape index (κ2) is 8.73. The molecular formula is C16H22Cl2N2O2. The van der Waals surface area contributed by atoms with Gasteiger partial charge in [0.05, 0.1) is 10.7 Å². The summed E-state index contributed by atoms with van der Waals surface area (Å²) in [6.07, 6.45) is 4.63. The van der Waals surface area contributed by atoms with Crippen molar-refractivity contribution < 1.29 is 9.90 Å². The van der Waals surface area contributed by atoms with E-state index in [0.29, 0.717) is 28.2 Å². The van der Waals surface area contributed by atoms with Crippen molar-refractivity contribution in [1.82, 2.24) is 4.90 Å². The van der Waals surface area contributed by atoms with E-state index in [0.717, 1.165) is 25.9 Å². The number of amides is 1. The molecule has 2 N–H and O–H groups in total. The summed E-state index contributed by atoms with van der Waals surface area (Å²) in [7, 11) is 0. The van der Waals surface area contributed by atoms with E-state index >= 15 is 0 Å². The summed E-state index contributed by atoms with van der Waals surface area (Å²) in [5.41, 5.74) is 0.553. The largest absolute Gasteiger partial charge is 0.396 e. The van der Waals surface area contributed by atoms with E-state index in [2.05, 4.69) is 10.2 Å². The van der Waals surface area contributed by atoms with E-state index in [-0.39, 0.29) is 12.5 Å². The molecule has 0 heterocycles. The lowest BCUT2D eigenvalue weighted by molar-refractivity contribution is -0.116. The lowest BCUT2D eigenvalue weighted by Gasteiger charge is -2.21. The quantitative estimate of drug-likeness (QED) is 0.673. The Balaban J connectivity index is 1.79. The number of hydrogen-bond donors (Lipinski definition) is 2. The fraction of sp³-hybridized carbons (Fsp3) is 0.562. The summed E-state index contributed by atoms with van der Waals surface area (Å²) in [5, 5.41) is 12.7. The predicted molar refractivity (Wildman–Crippen MR) is 90.6 cm³/mol. The first-order valence-corrected chi connectivity index (χ1v) is 8.45. The zero-order valence-electron chi connectivity index (χ0n) is 12.5. The Kier molecular flexibility index (Phi) is 6.96. The van der Waals surface area contributed by atoms with E-state index in [9.17, 15) is 4.79 Å². The van der Waals surface area contributed by atoms with Gasteiger partial charge in [-0.3, -0.25) is 9.69 Å². The maximum Gasteiger partial charge on any atom is 0.225 e. The van der Waals surface area contributed by atoms with Crippen LogP contribution < -0.4 is 5.32 Å². The van der Waals surface area contributed by atoms with Gasteiger partial charge in [-0.1, -0.05) is 23.2 Å². The van der Waals surface area contributed by atoms with Gasteiger partial charge in [-0.25, -0.2) is 0 Å². The van der Waals surface area contributed by atoms with E-state index in [1.165, 1.54) is 12.8 Å². The molecule has 0 bridgehead atoms. The third kappa shape index (κ3) is 5.76. The highest BCUT2D eigenvalue weighted by molar-refractivity contribution is 6.35. The highest BCUT2D eigenvalue weighted by Gasteiger charge is 2.28. The summed E-state index contributed by atoms with van der Waals surface area (Å²) in [6, 6.07) is 5.63. The number of hydrogen-bond acceptors (Lipinski definition) is 3. The van der Waals surface area contributed by atoms with Crippen molar-refractivity contribution in [2.75, 3.05) is 25.0 Å². The van der Waals surface area contributed by atoms with Crippen LogP contribution in [-0.2, 0) is 4.79 Å². The first-order valence-electron chi connectivity index (χ1n) is 7.70. The van der Waals surface area contributed by atoms with Gasteiger partial charge in [0.15, 0.2) is 0 Å². The van der Waals surface area contributed by atoms with Crippen LogP contribution in [0.25, 0.3) is 0 Å². The molecule has 22 heavy (non-hydrogen) atoms. The van der Waals surface area contributed by atoms with Crippen LogP contribution in [0.1, 0.15) is 32.1 Å². The van der Waals surface area contributed by atoms with Crippen LogP contribution in [0.4, 0.5) is 5.69 Å². The molecule has 6 heteroatoms. The van der Waals surface area contributed by atoms with Crippen molar-refractivity contribution in [1.29, 1.82) is 0 Å². The number of benzene rings is 1. The number of aliphatic hydroxyl groups is 1. The van der Waals surface area contributed by atoms with Crippen molar-refractivity contribution in [3.8, 4) is 0 Å². The van der Waals surface area contributed by atoms with Gasteiger partial charge >= 0.3 is 0 Å². The first-order chi connectivity index (χ1) is 10.6. The average Bonchev–Trinajstić information content (AvgIpc) is 3.31. The number of carbonyl (C=O) groups excluding carboxylic acids is 1. The molecule has 0 saturated heterocycles. The van der Waals surface area contributed by atoms with Crippen LogP contribution >= 0.6 is 23.2 Å². The number of halogens is 2. The highest BCUT2D eigenvalue weighted by atomic mass is 35.5. The second-order valence-corrected chi connectivity index (χ2v) is 6.46. The molecule has 2 rings (SSSR count). The molecule has 4 nitrogen and oxygen atoms in total. The Labute approximate surface area is 141 Å². The lowest BCUT2D eigenvalue weighted by Crippen LogP contribution is -2.31. The van der Waals surface area contributed by atoms with Crippen LogP contribution in [0.5, 0.6) is 0 Å². The summed E-state index contributed by atoms with van der Waals surface area (Å²) in [5.74, 6) is -0.0584. The monoisotopic (exact) mass is 344 g/mol. The molecule has 1 amide bonds. The zero-order valence-corrected chi connectivity index (χ0v) is 14.0. The number of anilines is 1. The van der Waals surface area contributed by atoms with E-state index < -0.39 is 0 Å². The molecule has 0 unspecified atom stereocenters. The molecule has 0 spiro atoms. The number of nitrogens with one attached hydrogen (secondary N) is 1. The molecule has 0 aliphatic heterocycles. The molecule has 122 valence electrons. The van der Waals surface area contributed by atoms with Gasteiger partial charge in [0.25, 0.3) is 0 Å². The molecule has 1 aromatic carbocycles. The van der Waals surface area contributed by atoms with Crippen molar-refractivity contribution in [3.05, 3.63) is 28.2 Å². The minimum Gasteiger partial charge on any atom is -0.396 e. The Bertz CT molecular complexity index is 507. The van der Waals surface area contributed by atoms with Gasteiger partial charge in [-0.2, -0.15) is 0 Å². The molecule has 1 saturated carbocycles. The Morgan fingerprint density at radius 2 is 2.05 bits per heavy atom. The third-order valence-corrected chi connectivity index (χ3v) is 4.31. The highest BCUT2D eigenvalue weighted by Crippen LogP contribution is 2.28. The van der Waals surface area contributed by atoms with Gasteiger partial charge in [-0.05, 0) is 50.4 Å². The number of aliphatic hydroxyl groups excluding tert-OH is 1. The predicted octanol–water partition coefficient (Wildman–Crippen LogP) is 3.56. The molecular weight excluding hydrogens is 323 g/mol. The normalized spacial score (nSPS) is 14.4. The Hall–Kier alpha value is -0.810. The fourth-order valence-electron chi connectivity index (χ4n) is 2.39. The van der Waals surface area contributed by atoms with Gasteiger partial charge < -0.3 is 10.4 Å². The number of nitrogens with zero attached hydrogens (tertiary/aromatic N) is 1. The molecule has 1 aliphatic carbocycles. The minimum atomic E-state index is -0.0584. The summed E-state index contributed by atoms with van der Waals surface area (Å²) < 4.78 is 0. The van der Waals surface area contributed by atoms with Crippen molar-refractivity contribution >= 4 is 34.8 Å². The molecule has 1 fully saturated rings. The number of carbonyl (C=O) groups is 1. The lowest BCUT2D eigenvalue weighted by atomic mass is 10.2. The topological polar surface area (TPSA) is 52.6 Å². The summed E-state index contributed by atoms with van der Waals surface area (Å²) >= 11 is 12.0. The first kappa shape index (κ1) is 17.5. The Morgan fingerprint density at radius 1 is 1.27 bits per heavy atom. The fourth-order valence-corrected chi connectivity index (χ4v) is 2.73. The zero-order chi connectivity index (χ0) is 15.9. The van der Waals surface area contributed by atoms with Gasteiger partial charge in [0.1, 0.15) is 0 Å². The maximum atomic E-state index is 12.1. The molecule has 1 aromatic rings. The average molecular weight is 345 g/mol. The summed E-state index contributed by atoms with van der Waals surface area (Å²) in [6.45, 7) is 1.91. The second-order valence-electron chi connectivity index (χ2n) is 5.62. The number of rotatable bonds is 9. The van der Waals surface area contributed by atoms with Crippen LogP contribution in [0.2, 0.25) is 10.0 Å². The van der Waals surface area contributed by atoms with Gasteiger partial charge in [0, 0.05) is 30.6 Å². The van der Waals surface area contributed by atoms with E-state index in [1.807, 2.05) is 0 Å². The molecule has 0 aromatic heterocycles. The van der Waals surface area contributed by atoms with Crippen LogP contribution in [0, 0.1) is 0 Å². The molecule has 0 atom stereocenters. The smallest absolute Gasteiger partial charge is 0.225 e. The standard InChI is InChI=1S/C16H22Cl2N2O2/c17-12-3-6-14(18)15(11-12)19-16(22)7-9-20(13-4-5-13)8-1-2-10-21/h3,6,11,13,21H,1-2,4-5,7-10H2,(H,19,22). The SMILES string of the molecule is O=C(CCN(CCCCO)C1CC1)Nc1cc(Cl)ccc1Cl. The van der Waals surface area contributed by atoms with Crippen LogP contribution in [0.3, 0.4) is 0 Å². The van der Waals surface area contributed by atoms with Gasteiger partial charge in [0.2, 0.25) is 5.91 Å². The van der Waals surface area contributed by atoms with Crippen molar-refractivity contribution in [2.24, 2.45) is 0 Å². The van der Waals surface area contributed by atoms with Crippen LogP contribution in [0.15, 0.2) is 18.2 Å². The minimum absolute atomic E-state index is 0.0584. The van der Waals surface area contributed by atoms with Gasteiger partial charge in [-0.15, -0.1) is 0 Å².